The third-order valence-corrected chi connectivity index (χ3v) is 6.69. The molecule has 1 atom stereocenters. The summed E-state index contributed by atoms with van der Waals surface area (Å²) in [5.41, 5.74) is 1.41. The van der Waals surface area contributed by atoms with Crippen LogP contribution in [-0.2, 0) is 14.8 Å². The molecule has 8 nitrogen and oxygen atoms in total. The van der Waals surface area contributed by atoms with E-state index >= 15 is 0 Å². The van der Waals surface area contributed by atoms with Gasteiger partial charge in [0.25, 0.3) is 15.9 Å². The lowest BCUT2D eigenvalue weighted by Gasteiger charge is -2.33. The van der Waals surface area contributed by atoms with E-state index in [0.717, 1.165) is 6.42 Å². The number of likely N-dealkylation sites (tertiary alicyclic amines) is 1. The maximum atomic E-state index is 12.9. The number of carbonyl (C=O) groups is 2. The summed E-state index contributed by atoms with van der Waals surface area (Å²) in [6, 6.07) is 13.6. The summed E-state index contributed by atoms with van der Waals surface area (Å²) < 4.78 is 28.7. The zero-order chi connectivity index (χ0) is 21.3. The molecule has 0 aliphatic carbocycles. The van der Waals surface area contributed by atoms with Crippen LogP contribution in [0.1, 0.15) is 28.8 Å². The van der Waals surface area contributed by atoms with Gasteiger partial charge in [-0.2, -0.15) is 8.42 Å². The van der Waals surface area contributed by atoms with Crippen LogP contribution in [0.4, 0.5) is 5.69 Å². The van der Waals surface area contributed by atoms with Gasteiger partial charge >= 0.3 is 0 Å². The highest BCUT2D eigenvalue weighted by Gasteiger charge is 2.35. The van der Waals surface area contributed by atoms with E-state index in [1.807, 2.05) is 4.90 Å². The van der Waals surface area contributed by atoms with E-state index in [4.69, 9.17) is 0 Å². The lowest BCUT2D eigenvalue weighted by molar-refractivity contribution is -0.121. The van der Waals surface area contributed by atoms with Crippen LogP contribution in [0.5, 0.6) is 0 Å². The molecule has 0 aromatic heterocycles. The van der Waals surface area contributed by atoms with Crippen molar-refractivity contribution in [3.63, 3.8) is 0 Å². The first kappa shape index (κ1) is 20.1. The number of fused-ring (bicyclic) bond motifs is 1. The summed E-state index contributed by atoms with van der Waals surface area (Å²) in [7, 11) is -2.17. The van der Waals surface area contributed by atoms with Crippen LogP contribution in [0.2, 0.25) is 0 Å². The number of nitrogens with zero attached hydrogens (tertiary/aromatic N) is 2. The summed E-state index contributed by atoms with van der Waals surface area (Å²) in [6.07, 6.45) is 1.41. The molecular weight excluding hydrogens is 404 g/mol. The molecule has 2 aromatic rings. The van der Waals surface area contributed by atoms with Crippen molar-refractivity contribution in [2.75, 3.05) is 25.5 Å². The van der Waals surface area contributed by atoms with Crippen molar-refractivity contribution in [1.29, 1.82) is 0 Å². The SMILES string of the molecule is CNC(=O)c1ccccc1NC(=O)C1CCCN(C2=NS(=O)(=O)c3ccccc32)C1. The second-order valence-corrected chi connectivity index (χ2v) is 8.86. The molecule has 30 heavy (non-hydrogen) atoms. The third-order valence-electron chi connectivity index (χ3n) is 5.36. The molecule has 0 bridgehead atoms. The van der Waals surface area contributed by atoms with Gasteiger partial charge in [0, 0.05) is 25.7 Å². The predicted molar refractivity (Wildman–Crippen MR) is 113 cm³/mol. The van der Waals surface area contributed by atoms with Gasteiger partial charge in [-0.3, -0.25) is 9.59 Å². The number of hydrogen-bond donors (Lipinski definition) is 2. The Morgan fingerprint density at radius 1 is 1.10 bits per heavy atom. The Kier molecular flexibility index (Phi) is 5.29. The van der Waals surface area contributed by atoms with E-state index in [9.17, 15) is 18.0 Å². The monoisotopic (exact) mass is 426 g/mol. The molecule has 0 radical (unpaired) electrons. The van der Waals surface area contributed by atoms with E-state index in [2.05, 4.69) is 15.0 Å². The number of sulfonamides is 1. The van der Waals surface area contributed by atoms with Gasteiger partial charge in [-0.05, 0) is 37.1 Å². The Bertz CT molecular complexity index is 1140. The van der Waals surface area contributed by atoms with Crippen LogP contribution < -0.4 is 10.6 Å². The Balaban J connectivity index is 1.53. The molecule has 0 saturated carbocycles. The highest BCUT2D eigenvalue weighted by atomic mass is 32.2. The van der Waals surface area contributed by atoms with Crippen LogP contribution in [-0.4, -0.2) is 51.1 Å². The van der Waals surface area contributed by atoms with E-state index < -0.39 is 10.0 Å². The van der Waals surface area contributed by atoms with Crippen LogP contribution >= 0.6 is 0 Å². The molecule has 2 aromatic carbocycles. The molecule has 2 N–H and O–H groups in total. The van der Waals surface area contributed by atoms with E-state index in [0.29, 0.717) is 42.2 Å². The van der Waals surface area contributed by atoms with Crippen molar-refractivity contribution in [1.82, 2.24) is 10.2 Å². The summed E-state index contributed by atoms with van der Waals surface area (Å²) in [5.74, 6) is -0.437. The average molecular weight is 426 g/mol. The molecule has 2 amide bonds. The van der Waals surface area contributed by atoms with Gasteiger partial charge in [0.05, 0.1) is 17.2 Å². The lowest BCUT2D eigenvalue weighted by atomic mass is 9.96. The molecule has 9 heteroatoms. The maximum absolute atomic E-state index is 12.9. The molecule has 156 valence electrons. The van der Waals surface area contributed by atoms with Crippen molar-refractivity contribution < 1.29 is 18.0 Å². The van der Waals surface area contributed by atoms with Gasteiger partial charge < -0.3 is 15.5 Å². The van der Waals surface area contributed by atoms with Gasteiger partial charge in [0.2, 0.25) is 5.91 Å². The molecule has 1 unspecified atom stereocenters. The number of amides is 2. The number of rotatable bonds is 3. The van der Waals surface area contributed by atoms with Gasteiger partial charge in [-0.25, -0.2) is 0 Å². The van der Waals surface area contributed by atoms with Crippen molar-refractivity contribution in [2.24, 2.45) is 10.3 Å². The third kappa shape index (κ3) is 3.68. The highest BCUT2D eigenvalue weighted by Crippen LogP contribution is 2.30. The van der Waals surface area contributed by atoms with E-state index in [1.165, 1.54) is 7.05 Å². The van der Waals surface area contributed by atoms with Gasteiger partial charge in [0.1, 0.15) is 4.90 Å². The van der Waals surface area contributed by atoms with Crippen molar-refractivity contribution in [2.45, 2.75) is 17.7 Å². The second-order valence-electron chi connectivity index (χ2n) is 7.29. The molecule has 2 heterocycles. The van der Waals surface area contributed by atoms with Crippen LogP contribution in [0.15, 0.2) is 57.8 Å². The number of nitrogens with one attached hydrogen (secondary N) is 2. The molecule has 0 spiro atoms. The Labute approximate surface area is 175 Å². The number of benzene rings is 2. The number of para-hydroxylation sites is 1. The smallest absolute Gasteiger partial charge is 0.285 e. The van der Waals surface area contributed by atoms with E-state index in [-0.39, 0.29) is 22.6 Å². The second kappa shape index (κ2) is 7.91. The minimum atomic E-state index is -3.71. The minimum Gasteiger partial charge on any atom is -0.355 e. The zero-order valence-corrected chi connectivity index (χ0v) is 17.3. The van der Waals surface area contributed by atoms with Gasteiger partial charge in [0.15, 0.2) is 5.84 Å². The van der Waals surface area contributed by atoms with Crippen molar-refractivity contribution in [3.8, 4) is 0 Å². The predicted octanol–water partition coefficient (Wildman–Crippen LogP) is 1.85. The van der Waals surface area contributed by atoms with Crippen molar-refractivity contribution >= 4 is 33.4 Å². The topological polar surface area (TPSA) is 108 Å². The molecule has 2 aliphatic rings. The van der Waals surface area contributed by atoms with Crippen LogP contribution in [0, 0.1) is 5.92 Å². The lowest BCUT2D eigenvalue weighted by Crippen LogP contribution is -2.43. The molecule has 1 fully saturated rings. The summed E-state index contributed by atoms with van der Waals surface area (Å²) in [4.78, 5) is 27.1. The number of carbonyl (C=O) groups excluding carboxylic acids is 2. The fourth-order valence-electron chi connectivity index (χ4n) is 3.86. The number of hydrogen-bond acceptors (Lipinski definition) is 5. The van der Waals surface area contributed by atoms with E-state index in [1.54, 1.807) is 48.5 Å². The first-order valence-corrected chi connectivity index (χ1v) is 11.2. The first-order valence-electron chi connectivity index (χ1n) is 9.72. The summed E-state index contributed by atoms with van der Waals surface area (Å²) >= 11 is 0. The fraction of sp³-hybridized carbons (Fsp3) is 0.286. The normalized spacial score (nSPS) is 19.6. The Morgan fingerprint density at radius 3 is 2.63 bits per heavy atom. The maximum Gasteiger partial charge on any atom is 0.285 e. The van der Waals surface area contributed by atoms with Gasteiger partial charge in [-0.15, -0.1) is 4.40 Å². The van der Waals surface area contributed by atoms with Gasteiger partial charge in [-0.1, -0.05) is 24.3 Å². The quantitative estimate of drug-likeness (QED) is 0.779. The first-order chi connectivity index (χ1) is 14.4. The van der Waals surface area contributed by atoms with Crippen LogP contribution in [0.25, 0.3) is 0 Å². The Morgan fingerprint density at radius 2 is 1.83 bits per heavy atom. The van der Waals surface area contributed by atoms with Crippen molar-refractivity contribution in [3.05, 3.63) is 59.7 Å². The highest BCUT2D eigenvalue weighted by molar-refractivity contribution is 7.90. The number of piperidine rings is 1. The Hall–Kier alpha value is -3.20. The number of amidine groups is 1. The fourth-order valence-corrected chi connectivity index (χ4v) is 5.09. The molecular formula is C21H22N4O4S. The van der Waals surface area contributed by atoms with Crippen LogP contribution in [0.3, 0.4) is 0 Å². The molecule has 1 saturated heterocycles. The standard InChI is InChI=1S/C21H22N4O4S/c1-22-21(27)15-8-2-4-10-17(15)23-20(26)14-7-6-12-25(13-14)19-16-9-3-5-11-18(16)30(28,29)24-19/h2-5,8-11,14H,6-7,12-13H2,1H3,(H,22,27)(H,23,26). The average Bonchev–Trinajstić information content (AvgIpc) is 3.05. The zero-order valence-electron chi connectivity index (χ0n) is 16.5. The largest absolute Gasteiger partial charge is 0.355 e. The molecule has 2 aliphatic heterocycles. The number of anilines is 1. The summed E-state index contributed by atoms with van der Waals surface area (Å²) in [6.45, 7) is 0.984. The minimum absolute atomic E-state index is 0.200. The summed E-state index contributed by atoms with van der Waals surface area (Å²) in [5, 5.41) is 5.42. The molecule has 4 rings (SSSR count).